The lowest BCUT2D eigenvalue weighted by Gasteiger charge is -2.27. The molecule has 0 bridgehead atoms. The van der Waals surface area contributed by atoms with Crippen molar-refractivity contribution in [1.82, 2.24) is 0 Å². The first-order valence-corrected chi connectivity index (χ1v) is 6.74. The van der Waals surface area contributed by atoms with Gasteiger partial charge in [0, 0.05) is 18.1 Å². The smallest absolute Gasteiger partial charge is 0.416 e. The molecule has 1 rings (SSSR count). The second kappa shape index (κ2) is 7.62. The lowest BCUT2D eigenvalue weighted by Crippen LogP contribution is -2.52. The van der Waals surface area contributed by atoms with Crippen LogP contribution in [-0.4, -0.2) is 46.7 Å². The number of hydrogen-bond acceptors (Lipinski definition) is 5. The van der Waals surface area contributed by atoms with Crippen LogP contribution >= 0.6 is 11.6 Å². The number of carboxylic acids is 1. The summed E-state index contributed by atoms with van der Waals surface area (Å²) in [6.07, 6.45) is -9.38. The number of carboxylic acid groups (broad SMARTS) is 1. The highest BCUT2D eigenvalue weighted by Gasteiger charge is 2.32. The number of hydrogen-bond donors (Lipinski definition) is 2. The Morgan fingerprint density at radius 2 is 1.70 bits per heavy atom. The first-order chi connectivity index (χ1) is 10.6. The number of halogens is 4. The van der Waals surface area contributed by atoms with E-state index in [1.807, 2.05) is 0 Å². The highest BCUT2D eigenvalue weighted by Crippen LogP contribution is 2.30. The van der Waals surface area contributed by atoms with Gasteiger partial charge in [0.05, 0.1) is 11.5 Å². The van der Waals surface area contributed by atoms with E-state index in [1.54, 1.807) is 0 Å². The van der Waals surface area contributed by atoms with Crippen molar-refractivity contribution in [2.45, 2.75) is 18.4 Å². The van der Waals surface area contributed by atoms with Crippen molar-refractivity contribution in [2.75, 3.05) is 17.3 Å². The molecule has 0 spiro atoms. The van der Waals surface area contributed by atoms with Crippen LogP contribution in [0.1, 0.15) is 5.56 Å². The van der Waals surface area contributed by atoms with E-state index < -0.39 is 35.8 Å². The van der Waals surface area contributed by atoms with Crippen molar-refractivity contribution in [3.05, 3.63) is 29.8 Å². The number of amides is 1. The topological polar surface area (TPSA) is 101 Å². The van der Waals surface area contributed by atoms with E-state index in [2.05, 4.69) is 0 Å². The van der Waals surface area contributed by atoms with Gasteiger partial charge in [-0.15, -0.1) is 11.6 Å². The molecule has 10 heteroatoms. The summed E-state index contributed by atoms with van der Waals surface area (Å²) in [6, 6.07) is 3.35. The molecule has 1 aromatic carbocycles. The Bertz CT molecular complexity index is 564. The second-order valence-corrected chi connectivity index (χ2v) is 4.81. The molecule has 1 amide bonds. The number of carbonyl (C=O) groups excluding carboxylic acids is 2. The van der Waals surface area contributed by atoms with Gasteiger partial charge >= 0.3 is 6.18 Å². The summed E-state index contributed by atoms with van der Waals surface area (Å²) < 4.78 is 37.5. The van der Waals surface area contributed by atoms with E-state index >= 15 is 0 Å². The molecule has 0 aliphatic carbocycles. The summed E-state index contributed by atoms with van der Waals surface area (Å²) in [6.45, 7) is -0.220. The fourth-order valence-corrected chi connectivity index (χ4v) is 1.87. The minimum atomic E-state index is -4.56. The zero-order chi connectivity index (χ0) is 17.8. The minimum absolute atomic E-state index is 0.0479. The number of rotatable bonds is 6. The van der Waals surface area contributed by atoms with Gasteiger partial charge in [-0.3, -0.25) is 4.79 Å². The molecule has 0 aliphatic heterocycles. The Balaban J connectivity index is 3.06. The molecule has 6 nitrogen and oxygen atoms in total. The number of aliphatic carboxylic acids is 1. The molecule has 0 fully saturated rings. The molecule has 0 radical (unpaired) electrons. The Kier molecular flexibility index (Phi) is 6.37. The monoisotopic (exact) mass is 354 g/mol. The third-order valence-corrected chi connectivity index (χ3v) is 3.04. The summed E-state index contributed by atoms with van der Waals surface area (Å²) in [7, 11) is 0. The molecule has 128 valence electrons. The molecule has 0 saturated heterocycles. The van der Waals surface area contributed by atoms with Crippen LogP contribution in [0, 0.1) is 0 Å². The van der Waals surface area contributed by atoms with Gasteiger partial charge in [-0.2, -0.15) is 13.2 Å². The summed E-state index contributed by atoms with van der Waals surface area (Å²) >= 11 is 5.49. The molecular weight excluding hydrogens is 343 g/mol. The van der Waals surface area contributed by atoms with Gasteiger partial charge in [0.1, 0.15) is 6.10 Å². The number of aliphatic hydroxyl groups excluding tert-OH is 2. The van der Waals surface area contributed by atoms with Gasteiger partial charge in [0.2, 0.25) is 0 Å². The highest BCUT2D eigenvalue weighted by molar-refractivity contribution is 6.18. The lowest BCUT2D eigenvalue weighted by atomic mass is 10.1. The summed E-state index contributed by atoms with van der Waals surface area (Å²) in [5, 5.41) is 29.1. The summed E-state index contributed by atoms with van der Waals surface area (Å²) in [5.41, 5.74) is -0.997. The third-order valence-electron chi connectivity index (χ3n) is 2.87. The van der Waals surface area contributed by atoms with Crippen LogP contribution in [0.4, 0.5) is 18.9 Å². The molecule has 1 aromatic rings. The van der Waals surface area contributed by atoms with E-state index in [-0.39, 0.29) is 18.1 Å². The second-order valence-electron chi connectivity index (χ2n) is 4.43. The molecule has 0 aliphatic rings. The van der Waals surface area contributed by atoms with Gasteiger partial charge in [0.25, 0.3) is 5.91 Å². The van der Waals surface area contributed by atoms with Gasteiger partial charge in [-0.05, 0) is 24.3 Å². The third kappa shape index (κ3) is 4.81. The van der Waals surface area contributed by atoms with Crippen LogP contribution in [0.3, 0.4) is 0 Å². The number of alkyl halides is 4. The largest absolute Gasteiger partial charge is 0.547 e. The SMILES string of the molecule is O=C([O-])[C@H](O)[C@@H](O)C(=O)N(CCCl)c1ccc(C(F)(F)F)cc1. The van der Waals surface area contributed by atoms with Crippen molar-refractivity contribution in [3.8, 4) is 0 Å². The van der Waals surface area contributed by atoms with E-state index in [0.717, 1.165) is 17.0 Å². The van der Waals surface area contributed by atoms with Crippen molar-refractivity contribution in [3.63, 3.8) is 0 Å². The number of anilines is 1. The fraction of sp³-hybridized carbons (Fsp3) is 0.385. The molecule has 0 unspecified atom stereocenters. The van der Waals surface area contributed by atoms with Crippen LogP contribution in [0.5, 0.6) is 0 Å². The van der Waals surface area contributed by atoms with E-state index in [1.165, 1.54) is 0 Å². The lowest BCUT2D eigenvalue weighted by molar-refractivity contribution is -0.317. The Hall–Kier alpha value is -1.84. The van der Waals surface area contributed by atoms with Crippen molar-refractivity contribution in [1.29, 1.82) is 0 Å². The van der Waals surface area contributed by atoms with Gasteiger partial charge in [-0.25, -0.2) is 0 Å². The molecule has 2 atom stereocenters. The Morgan fingerprint density at radius 1 is 1.17 bits per heavy atom. The average molecular weight is 355 g/mol. The number of aliphatic hydroxyl groups is 2. The van der Waals surface area contributed by atoms with Crippen molar-refractivity contribution < 1.29 is 38.1 Å². The first kappa shape index (κ1) is 19.2. The van der Waals surface area contributed by atoms with Crippen molar-refractivity contribution >= 4 is 29.2 Å². The Labute approximate surface area is 133 Å². The summed E-state index contributed by atoms with van der Waals surface area (Å²) in [4.78, 5) is 23.2. The highest BCUT2D eigenvalue weighted by atomic mass is 35.5. The quantitative estimate of drug-likeness (QED) is 0.686. The summed E-state index contributed by atoms with van der Waals surface area (Å²) in [5.74, 6) is -3.44. The maximum Gasteiger partial charge on any atom is 0.416 e. The van der Waals surface area contributed by atoms with Crippen LogP contribution in [0.25, 0.3) is 0 Å². The zero-order valence-corrected chi connectivity index (χ0v) is 12.2. The zero-order valence-electron chi connectivity index (χ0n) is 11.5. The van der Waals surface area contributed by atoms with E-state index in [4.69, 9.17) is 16.7 Å². The van der Waals surface area contributed by atoms with Crippen LogP contribution in [0.15, 0.2) is 24.3 Å². The van der Waals surface area contributed by atoms with Gasteiger partial charge < -0.3 is 25.0 Å². The predicted molar refractivity (Wildman–Crippen MR) is 71.5 cm³/mol. The van der Waals surface area contributed by atoms with E-state index in [0.29, 0.717) is 12.1 Å². The average Bonchev–Trinajstić information content (AvgIpc) is 2.49. The molecular formula is C13H12ClF3NO5-. The number of nitrogens with zero attached hydrogens (tertiary/aromatic N) is 1. The maximum atomic E-state index is 12.5. The number of benzene rings is 1. The van der Waals surface area contributed by atoms with Crippen LogP contribution < -0.4 is 10.0 Å². The van der Waals surface area contributed by atoms with E-state index in [9.17, 15) is 33.0 Å². The molecule has 0 aromatic heterocycles. The standard InChI is InChI=1S/C13H13ClF3NO5/c14-5-6-18(11(21)9(19)10(20)12(22)23)8-3-1-7(2-4-8)13(15,16)17/h1-4,9-10,19-20H,5-6H2,(H,22,23)/p-1/t9-,10-/m1/s1. The number of carbonyl (C=O) groups is 2. The fourth-order valence-electron chi connectivity index (χ4n) is 1.71. The minimum Gasteiger partial charge on any atom is -0.547 e. The molecule has 2 N–H and O–H groups in total. The van der Waals surface area contributed by atoms with Crippen LogP contribution in [-0.2, 0) is 15.8 Å². The first-order valence-electron chi connectivity index (χ1n) is 6.21. The van der Waals surface area contributed by atoms with Crippen LogP contribution in [0.2, 0.25) is 0 Å². The Morgan fingerprint density at radius 3 is 2.09 bits per heavy atom. The maximum absolute atomic E-state index is 12.5. The normalized spacial score (nSPS) is 14.2. The predicted octanol–water partition coefficient (Wildman–Crippen LogP) is -0.251. The molecule has 23 heavy (non-hydrogen) atoms. The molecule has 0 saturated carbocycles. The van der Waals surface area contributed by atoms with Crippen molar-refractivity contribution in [2.24, 2.45) is 0 Å². The van der Waals surface area contributed by atoms with Gasteiger partial charge in [-0.1, -0.05) is 0 Å². The van der Waals surface area contributed by atoms with Gasteiger partial charge in [0.15, 0.2) is 6.10 Å². The molecule has 0 heterocycles.